The molecule has 3 N–H and O–H groups in total. The molecule has 8 nitrogen and oxygen atoms in total. The number of pyridine rings is 1. The molecule has 3 aromatic rings. The van der Waals surface area contributed by atoms with Crippen LogP contribution in [-0.4, -0.2) is 44.4 Å². The molecular formula is C23H36N6O2. The van der Waals surface area contributed by atoms with Crippen molar-refractivity contribution in [3.8, 4) is 0 Å². The molecule has 4 rings (SSSR count). The predicted octanol–water partition coefficient (Wildman–Crippen LogP) is 3.61. The summed E-state index contributed by atoms with van der Waals surface area (Å²) in [4.78, 5) is 21.2. The smallest absolute Gasteiger partial charge is 0.247 e. The molecule has 0 bridgehead atoms. The molecule has 0 spiro atoms. The minimum atomic E-state index is -0.0906. The Labute approximate surface area is 184 Å². The van der Waals surface area contributed by atoms with Gasteiger partial charge in [-0.3, -0.25) is 4.79 Å². The number of fused-ring (bicyclic) bond motifs is 1. The summed E-state index contributed by atoms with van der Waals surface area (Å²) < 4.78 is 1.87. The molecule has 0 atom stereocenters. The summed E-state index contributed by atoms with van der Waals surface area (Å²) in [5.41, 5.74) is 2.99. The second-order valence-corrected chi connectivity index (χ2v) is 7.04. The number of H-pyrrole nitrogens is 1. The molecule has 1 aliphatic rings. The fourth-order valence-corrected chi connectivity index (χ4v) is 3.40. The van der Waals surface area contributed by atoms with Crippen LogP contribution < -0.4 is 15.8 Å². The highest BCUT2D eigenvalue weighted by molar-refractivity contribution is 5.61. The highest BCUT2D eigenvalue weighted by Crippen LogP contribution is 2.24. The number of hydrogen-bond acceptors (Lipinski definition) is 6. The fraction of sp³-hybridized carbons (Fsp3) is 0.522. The normalized spacial score (nSPS) is 13.1. The van der Waals surface area contributed by atoms with Gasteiger partial charge in [-0.15, -0.1) is 0 Å². The molecule has 1 aliphatic heterocycles. The van der Waals surface area contributed by atoms with Gasteiger partial charge in [-0.25, -0.2) is 4.98 Å². The van der Waals surface area contributed by atoms with E-state index in [9.17, 15) is 4.79 Å². The number of nitrogens with one attached hydrogen (secondary N) is 2. The van der Waals surface area contributed by atoms with Gasteiger partial charge in [0.1, 0.15) is 11.6 Å². The van der Waals surface area contributed by atoms with Crippen molar-refractivity contribution in [2.24, 2.45) is 0 Å². The summed E-state index contributed by atoms with van der Waals surface area (Å²) in [5, 5.41) is 15.5. The molecule has 1 fully saturated rings. The van der Waals surface area contributed by atoms with Crippen molar-refractivity contribution in [1.29, 1.82) is 0 Å². The van der Waals surface area contributed by atoms with Gasteiger partial charge < -0.3 is 20.3 Å². The number of hydrogen-bond donors (Lipinski definition) is 3. The Morgan fingerprint density at radius 3 is 2.48 bits per heavy atom. The number of aromatic amines is 1. The number of anilines is 2. The van der Waals surface area contributed by atoms with Crippen LogP contribution in [0.3, 0.4) is 0 Å². The average molecular weight is 429 g/mol. The Hall–Kier alpha value is -2.87. The quantitative estimate of drug-likeness (QED) is 0.574. The summed E-state index contributed by atoms with van der Waals surface area (Å²) >= 11 is 0. The van der Waals surface area contributed by atoms with E-state index in [2.05, 4.69) is 33.3 Å². The van der Waals surface area contributed by atoms with Gasteiger partial charge in [-0.1, -0.05) is 26.8 Å². The van der Waals surface area contributed by atoms with E-state index in [0.717, 1.165) is 47.9 Å². The van der Waals surface area contributed by atoms with Crippen LogP contribution in [-0.2, 0) is 13.0 Å². The Bertz CT molecular complexity index is 955. The summed E-state index contributed by atoms with van der Waals surface area (Å²) in [7, 11) is 0. The highest BCUT2D eigenvalue weighted by atomic mass is 16.2. The number of nitrogens with zero attached hydrogens (tertiary/aromatic N) is 4. The number of aryl methyl sites for hydroxylation is 1. The summed E-state index contributed by atoms with van der Waals surface area (Å²) in [6.45, 7) is 10.8. The van der Waals surface area contributed by atoms with Crippen LogP contribution >= 0.6 is 0 Å². The summed E-state index contributed by atoms with van der Waals surface area (Å²) in [6, 6.07) is 5.45. The second-order valence-electron chi connectivity index (χ2n) is 7.04. The van der Waals surface area contributed by atoms with Crippen LogP contribution in [0.2, 0.25) is 0 Å². The Kier molecular flexibility index (Phi) is 10.0. The van der Waals surface area contributed by atoms with Gasteiger partial charge in [0.15, 0.2) is 5.65 Å². The first-order valence-corrected chi connectivity index (χ1v) is 11.3. The largest absolute Gasteiger partial charge is 0.397 e. The summed E-state index contributed by atoms with van der Waals surface area (Å²) in [5.74, 6) is 1.93. The predicted molar refractivity (Wildman–Crippen MR) is 127 cm³/mol. The molecule has 8 heteroatoms. The minimum Gasteiger partial charge on any atom is -0.397 e. The van der Waals surface area contributed by atoms with E-state index < -0.39 is 0 Å². The molecule has 1 saturated heterocycles. The van der Waals surface area contributed by atoms with Crippen molar-refractivity contribution in [3.63, 3.8) is 0 Å². The topological polar surface area (TPSA) is 98.5 Å². The van der Waals surface area contributed by atoms with Gasteiger partial charge in [-0.05, 0) is 38.2 Å². The third kappa shape index (κ3) is 6.55. The van der Waals surface area contributed by atoms with Crippen LogP contribution in [0.5, 0.6) is 0 Å². The maximum atomic E-state index is 11.2. The lowest BCUT2D eigenvalue weighted by Gasteiger charge is -2.28. The fourth-order valence-electron chi connectivity index (χ4n) is 3.40. The Balaban J connectivity index is 0.000000630. The molecule has 31 heavy (non-hydrogen) atoms. The van der Waals surface area contributed by atoms with E-state index in [1.165, 1.54) is 19.3 Å². The van der Waals surface area contributed by atoms with E-state index in [-0.39, 0.29) is 12.2 Å². The van der Waals surface area contributed by atoms with Crippen molar-refractivity contribution < 1.29 is 5.11 Å². The van der Waals surface area contributed by atoms with Crippen molar-refractivity contribution in [2.75, 3.05) is 29.9 Å². The standard InChI is InChI=1S/C19H24N6O.C2H6O.C2H6/c1-2-15-13-22-25-16(20-11-14-6-7-18(26)21-12-14)10-17(23-19(15)25)24-8-4-3-5-9-24;1-2-3;1-2/h6-7,10,12-13,20H,2-5,8-9,11H2,1H3,(H,21,26);3H,2H2,1H3;1-2H3. The van der Waals surface area contributed by atoms with E-state index in [1.54, 1.807) is 19.2 Å². The van der Waals surface area contributed by atoms with Crippen molar-refractivity contribution in [3.05, 3.63) is 52.1 Å². The van der Waals surface area contributed by atoms with E-state index in [1.807, 2.05) is 30.6 Å². The zero-order valence-electron chi connectivity index (χ0n) is 19.2. The average Bonchev–Trinajstić information content (AvgIpc) is 3.24. The first-order chi connectivity index (χ1) is 15.2. The van der Waals surface area contributed by atoms with Gasteiger partial charge in [0.25, 0.3) is 0 Å². The lowest BCUT2D eigenvalue weighted by Crippen LogP contribution is -2.30. The van der Waals surface area contributed by atoms with Gasteiger partial charge in [-0.2, -0.15) is 9.61 Å². The second kappa shape index (κ2) is 12.7. The lowest BCUT2D eigenvalue weighted by atomic mass is 10.1. The third-order valence-corrected chi connectivity index (χ3v) is 4.91. The van der Waals surface area contributed by atoms with Gasteiger partial charge >= 0.3 is 0 Å². The molecule has 0 amide bonds. The third-order valence-electron chi connectivity index (χ3n) is 4.91. The molecule has 170 valence electrons. The number of piperidine rings is 1. The lowest BCUT2D eigenvalue weighted by molar-refractivity contribution is 0.318. The van der Waals surface area contributed by atoms with Crippen LogP contribution in [0.1, 0.15) is 58.1 Å². The van der Waals surface area contributed by atoms with Crippen molar-refractivity contribution >= 4 is 17.3 Å². The van der Waals surface area contributed by atoms with Crippen LogP contribution in [0.4, 0.5) is 11.6 Å². The summed E-state index contributed by atoms with van der Waals surface area (Å²) in [6.07, 6.45) is 8.26. The zero-order chi connectivity index (χ0) is 22.6. The van der Waals surface area contributed by atoms with Crippen LogP contribution in [0.15, 0.2) is 35.4 Å². The van der Waals surface area contributed by atoms with Gasteiger partial charge in [0.2, 0.25) is 5.56 Å². The van der Waals surface area contributed by atoms with E-state index in [4.69, 9.17) is 10.1 Å². The molecule has 4 heterocycles. The van der Waals surface area contributed by atoms with E-state index in [0.29, 0.717) is 6.54 Å². The Morgan fingerprint density at radius 1 is 1.16 bits per heavy atom. The molecule has 0 radical (unpaired) electrons. The SMILES string of the molecule is CC.CCO.CCc1cnn2c(NCc3ccc(=O)[nH]c3)cc(N3CCCCC3)nc12. The Morgan fingerprint density at radius 2 is 1.87 bits per heavy atom. The molecule has 0 saturated carbocycles. The molecular weight excluding hydrogens is 392 g/mol. The highest BCUT2D eigenvalue weighted by Gasteiger charge is 2.17. The molecule has 3 aromatic heterocycles. The maximum Gasteiger partial charge on any atom is 0.247 e. The van der Waals surface area contributed by atoms with Crippen molar-refractivity contribution in [2.45, 2.75) is 59.9 Å². The molecule has 0 aromatic carbocycles. The van der Waals surface area contributed by atoms with Crippen LogP contribution in [0, 0.1) is 0 Å². The zero-order valence-corrected chi connectivity index (χ0v) is 19.2. The number of aliphatic hydroxyl groups excluding tert-OH is 1. The first kappa shape index (κ1) is 24.4. The van der Waals surface area contributed by atoms with Gasteiger partial charge in [0.05, 0.1) is 6.20 Å². The number of aromatic nitrogens is 4. The monoisotopic (exact) mass is 428 g/mol. The van der Waals surface area contributed by atoms with E-state index >= 15 is 0 Å². The maximum absolute atomic E-state index is 11.2. The minimum absolute atomic E-state index is 0.0906. The van der Waals surface area contributed by atoms with Gasteiger partial charge in [0, 0.05) is 50.1 Å². The van der Waals surface area contributed by atoms with Crippen molar-refractivity contribution in [1.82, 2.24) is 19.6 Å². The first-order valence-electron chi connectivity index (χ1n) is 11.3. The molecule has 0 aliphatic carbocycles. The number of rotatable bonds is 5. The molecule has 0 unspecified atom stereocenters. The number of aliphatic hydroxyl groups is 1. The van der Waals surface area contributed by atoms with Crippen LogP contribution in [0.25, 0.3) is 5.65 Å².